The first-order valence-electron chi connectivity index (χ1n) is 13.8. The van der Waals surface area contributed by atoms with Crippen LogP contribution in [-0.2, 0) is 5.92 Å². The van der Waals surface area contributed by atoms with Crippen molar-refractivity contribution >= 4 is 52.6 Å². The summed E-state index contributed by atoms with van der Waals surface area (Å²) in [6, 6.07) is 22.3. The van der Waals surface area contributed by atoms with Gasteiger partial charge in [0.1, 0.15) is 11.2 Å². The van der Waals surface area contributed by atoms with E-state index in [1.165, 1.54) is 29.8 Å². The molecule has 0 aliphatic carbocycles. The molecule has 0 saturated carbocycles. The maximum Gasteiger partial charge on any atom is 0.273 e. The molecular formula is C32H39F2N3OS3. The van der Waals surface area contributed by atoms with Crippen LogP contribution in [0.3, 0.4) is 0 Å². The van der Waals surface area contributed by atoms with Gasteiger partial charge in [0.25, 0.3) is 5.92 Å². The van der Waals surface area contributed by atoms with Gasteiger partial charge in [-0.25, -0.2) is 8.78 Å². The lowest BCUT2D eigenvalue weighted by molar-refractivity contribution is -0.0156. The van der Waals surface area contributed by atoms with E-state index in [4.69, 9.17) is 10.5 Å². The standard InChI is InChI=1S/C32H39F2N3OS3/c1-31(2,3)17-18-38-24-12-8-10-22(20-24)29-28(36-30(35)41-29)26-14-4-5-15-27(26)32(33,34)16-6-7-19-40-37-23-11-9-13-25(39)21-23/h4-5,8-15,20-21,30,36-37,39H,6-7,16-19,35H2,1-3H3. The van der Waals surface area contributed by atoms with Gasteiger partial charge in [-0.3, -0.25) is 0 Å². The number of thioether (sulfide) groups is 1. The first kappa shape index (κ1) is 31.6. The van der Waals surface area contributed by atoms with Crippen LogP contribution >= 0.6 is 36.3 Å². The Morgan fingerprint density at radius 1 is 1.00 bits per heavy atom. The van der Waals surface area contributed by atoms with Crippen LogP contribution < -0.4 is 20.5 Å². The smallest absolute Gasteiger partial charge is 0.273 e. The molecule has 220 valence electrons. The fraction of sp³-hybridized carbons (Fsp3) is 0.375. The van der Waals surface area contributed by atoms with Gasteiger partial charge in [-0.15, -0.1) is 12.6 Å². The Hall–Kier alpha value is -2.33. The number of alkyl halides is 2. The van der Waals surface area contributed by atoms with Gasteiger partial charge in [0, 0.05) is 38.8 Å². The predicted octanol–water partition coefficient (Wildman–Crippen LogP) is 9.22. The number of thiol groups is 1. The Morgan fingerprint density at radius 2 is 1.78 bits per heavy atom. The van der Waals surface area contributed by atoms with Crippen molar-refractivity contribution in [3.05, 3.63) is 89.5 Å². The van der Waals surface area contributed by atoms with Crippen LogP contribution in [-0.4, -0.2) is 17.9 Å². The average Bonchev–Trinajstić information content (AvgIpc) is 3.32. The summed E-state index contributed by atoms with van der Waals surface area (Å²) in [7, 11) is 0. The van der Waals surface area contributed by atoms with Crippen molar-refractivity contribution in [1.82, 2.24) is 5.32 Å². The molecule has 0 amide bonds. The second-order valence-corrected chi connectivity index (χ2v) is 13.9. The molecule has 41 heavy (non-hydrogen) atoms. The molecule has 1 atom stereocenters. The average molecular weight is 616 g/mol. The zero-order chi connectivity index (χ0) is 29.5. The Balaban J connectivity index is 1.45. The van der Waals surface area contributed by atoms with E-state index >= 15 is 8.78 Å². The summed E-state index contributed by atoms with van der Waals surface area (Å²) >= 11 is 7.29. The van der Waals surface area contributed by atoms with Crippen molar-refractivity contribution < 1.29 is 13.5 Å². The number of rotatable bonds is 13. The minimum absolute atomic E-state index is 0.0173. The van der Waals surface area contributed by atoms with Crippen molar-refractivity contribution in [2.45, 2.75) is 62.8 Å². The quantitative estimate of drug-likeness (QED) is 0.0874. The molecule has 1 aliphatic heterocycles. The minimum Gasteiger partial charge on any atom is -0.494 e. The normalized spacial score (nSPS) is 15.6. The molecule has 3 aromatic carbocycles. The third kappa shape index (κ3) is 9.33. The first-order valence-corrected chi connectivity index (χ1v) is 16.1. The second-order valence-electron chi connectivity index (χ2n) is 11.3. The molecule has 0 spiro atoms. The van der Waals surface area contributed by atoms with E-state index in [1.54, 1.807) is 18.2 Å². The summed E-state index contributed by atoms with van der Waals surface area (Å²) in [5, 5.41) is 3.25. The van der Waals surface area contributed by atoms with E-state index < -0.39 is 11.4 Å². The van der Waals surface area contributed by atoms with Crippen LogP contribution in [0.5, 0.6) is 5.75 Å². The molecule has 1 aliphatic rings. The van der Waals surface area contributed by atoms with Crippen LogP contribution in [0.4, 0.5) is 14.5 Å². The molecule has 0 aromatic heterocycles. The molecule has 0 bridgehead atoms. The molecule has 3 aromatic rings. The fourth-order valence-electron chi connectivity index (χ4n) is 4.42. The minimum atomic E-state index is -2.98. The molecule has 4 N–H and O–H groups in total. The highest BCUT2D eigenvalue weighted by atomic mass is 32.2. The lowest BCUT2D eigenvalue weighted by Crippen LogP contribution is -2.29. The van der Waals surface area contributed by atoms with Gasteiger partial charge in [0.05, 0.1) is 12.3 Å². The van der Waals surface area contributed by atoms with Gasteiger partial charge < -0.3 is 20.5 Å². The topological polar surface area (TPSA) is 59.3 Å². The van der Waals surface area contributed by atoms with Crippen molar-refractivity contribution in [3.8, 4) is 5.75 Å². The molecule has 0 fully saturated rings. The SMILES string of the molecule is CC(C)(C)CCOc1cccc(C2=C(c3ccccc3C(F)(F)CCCCSNc3cccc(S)c3)NC(N)S2)c1. The van der Waals surface area contributed by atoms with Crippen molar-refractivity contribution in [2.75, 3.05) is 17.1 Å². The number of ether oxygens (including phenoxy) is 1. The molecule has 4 nitrogen and oxygen atoms in total. The molecule has 1 heterocycles. The van der Waals surface area contributed by atoms with Crippen molar-refractivity contribution in [1.29, 1.82) is 0 Å². The Bertz CT molecular complexity index is 1340. The van der Waals surface area contributed by atoms with E-state index in [-0.39, 0.29) is 17.4 Å². The van der Waals surface area contributed by atoms with Crippen molar-refractivity contribution in [2.24, 2.45) is 11.1 Å². The first-order chi connectivity index (χ1) is 19.5. The van der Waals surface area contributed by atoms with E-state index in [9.17, 15) is 0 Å². The number of anilines is 1. The number of unbranched alkanes of at least 4 members (excludes halogenated alkanes) is 1. The highest BCUT2D eigenvalue weighted by molar-refractivity contribution is 8.09. The van der Waals surface area contributed by atoms with Gasteiger partial charge in [-0.05, 0) is 60.6 Å². The summed E-state index contributed by atoms with van der Waals surface area (Å²) < 4.78 is 40.6. The Kier molecular flexibility index (Phi) is 11.0. The van der Waals surface area contributed by atoms with E-state index in [1.807, 2.05) is 48.5 Å². The number of benzene rings is 3. The third-order valence-corrected chi connectivity index (χ3v) is 8.79. The van der Waals surface area contributed by atoms with Gasteiger partial charge in [0.2, 0.25) is 0 Å². The van der Waals surface area contributed by atoms with Crippen LogP contribution in [0.1, 0.15) is 63.1 Å². The lowest BCUT2D eigenvalue weighted by Gasteiger charge is -2.22. The highest BCUT2D eigenvalue weighted by Gasteiger charge is 2.36. The summed E-state index contributed by atoms with van der Waals surface area (Å²) in [5.74, 6) is -1.50. The maximum absolute atomic E-state index is 15.7. The largest absolute Gasteiger partial charge is 0.494 e. The Morgan fingerprint density at radius 3 is 2.56 bits per heavy atom. The summed E-state index contributed by atoms with van der Waals surface area (Å²) in [6.07, 6.45) is 1.78. The zero-order valence-corrected chi connectivity index (χ0v) is 26.3. The van der Waals surface area contributed by atoms with Gasteiger partial charge in [-0.2, -0.15) is 0 Å². The molecule has 1 unspecified atom stereocenters. The van der Waals surface area contributed by atoms with Gasteiger partial charge >= 0.3 is 0 Å². The summed E-state index contributed by atoms with van der Waals surface area (Å²) in [6.45, 7) is 7.15. The number of nitrogens with two attached hydrogens (primary N) is 1. The second kappa shape index (κ2) is 14.2. The number of halogens is 2. The molecule has 4 rings (SSSR count). The van der Waals surface area contributed by atoms with Gasteiger partial charge in [0.15, 0.2) is 0 Å². The van der Waals surface area contributed by atoms with Crippen LogP contribution in [0.25, 0.3) is 10.6 Å². The van der Waals surface area contributed by atoms with E-state index in [0.717, 1.165) is 39.0 Å². The maximum atomic E-state index is 15.7. The number of hydrogen-bond donors (Lipinski definition) is 4. The summed E-state index contributed by atoms with van der Waals surface area (Å²) in [5.41, 5.74) is 8.99. The molecule has 0 saturated heterocycles. The molecular weight excluding hydrogens is 577 g/mol. The molecule has 0 radical (unpaired) electrons. The zero-order valence-electron chi connectivity index (χ0n) is 23.8. The Labute approximate surface area is 256 Å². The fourth-order valence-corrected chi connectivity index (χ4v) is 6.37. The van der Waals surface area contributed by atoms with Crippen LogP contribution in [0.15, 0.2) is 77.7 Å². The highest BCUT2D eigenvalue weighted by Crippen LogP contribution is 2.45. The van der Waals surface area contributed by atoms with Crippen molar-refractivity contribution in [3.63, 3.8) is 0 Å². The number of nitrogens with one attached hydrogen (secondary N) is 2. The summed E-state index contributed by atoms with van der Waals surface area (Å²) in [4.78, 5) is 1.72. The van der Waals surface area contributed by atoms with Crippen LogP contribution in [0, 0.1) is 5.41 Å². The van der Waals surface area contributed by atoms with Gasteiger partial charge in [-0.1, -0.05) is 86.9 Å². The van der Waals surface area contributed by atoms with Crippen LogP contribution in [0.2, 0.25) is 0 Å². The van der Waals surface area contributed by atoms with E-state index in [0.29, 0.717) is 30.7 Å². The predicted molar refractivity (Wildman–Crippen MR) is 175 cm³/mol. The molecule has 9 heteroatoms. The monoisotopic (exact) mass is 615 g/mol. The third-order valence-electron chi connectivity index (χ3n) is 6.59. The van der Waals surface area contributed by atoms with E-state index in [2.05, 4.69) is 43.4 Å². The number of hydrogen-bond acceptors (Lipinski definition) is 7. The lowest BCUT2D eigenvalue weighted by atomic mass is 9.93.